The van der Waals surface area contributed by atoms with Crippen molar-refractivity contribution in [3.8, 4) is 5.69 Å². The molecule has 0 aliphatic carbocycles. The van der Waals surface area contributed by atoms with Gasteiger partial charge in [-0.15, -0.1) is 11.3 Å². The summed E-state index contributed by atoms with van der Waals surface area (Å²) in [6, 6.07) is 20.6. The van der Waals surface area contributed by atoms with Crippen molar-refractivity contribution >= 4 is 39.1 Å². The highest BCUT2D eigenvalue weighted by atomic mass is 32.1. The van der Waals surface area contributed by atoms with E-state index in [4.69, 9.17) is 4.74 Å². The van der Waals surface area contributed by atoms with Gasteiger partial charge in [0.2, 0.25) is 0 Å². The number of amides is 1. The molecule has 146 valence electrons. The van der Waals surface area contributed by atoms with Crippen LogP contribution in [-0.2, 0) is 9.53 Å². The Balaban J connectivity index is 1.52. The van der Waals surface area contributed by atoms with Gasteiger partial charge in [0.25, 0.3) is 5.91 Å². The quantitative estimate of drug-likeness (QED) is 0.493. The van der Waals surface area contributed by atoms with E-state index >= 15 is 0 Å². The van der Waals surface area contributed by atoms with E-state index in [0.717, 1.165) is 21.6 Å². The van der Waals surface area contributed by atoms with Crippen molar-refractivity contribution in [1.82, 2.24) is 9.78 Å². The van der Waals surface area contributed by atoms with Crippen LogP contribution in [-0.4, -0.2) is 27.8 Å². The van der Waals surface area contributed by atoms with Gasteiger partial charge in [-0.1, -0.05) is 36.4 Å². The first kappa shape index (κ1) is 18.9. The lowest BCUT2D eigenvalue weighted by Crippen LogP contribution is -2.29. The normalized spacial score (nSPS) is 11.9. The molecule has 4 rings (SSSR count). The number of benzene rings is 2. The lowest BCUT2D eigenvalue weighted by molar-refractivity contribution is -0.123. The van der Waals surface area contributed by atoms with Crippen molar-refractivity contribution in [3.63, 3.8) is 0 Å². The zero-order valence-electron chi connectivity index (χ0n) is 16.0. The van der Waals surface area contributed by atoms with Crippen LogP contribution in [0, 0.1) is 6.92 Å². The number of aromatic nitrogens is 2. The molecule has 0 radical (unpaired) electrons. The Labute approximate surface area is 171 Å². The summed E-state index contributed by atoms with van der Waals surface area (Å²) in [5.74, 6) is -0.904. The van der Waals surface area contributed by atoms with Gasteiger partial charge in [-0.3, -0.25) is 4.79 Å². The second-order valence-electron chi connectivity index (χ2n) is 6.57. The van der Waals surface area contributed by atoms with Gasteiger partial charge in [0.05, 0.1) is 11.4 Å². The van der Waals surface area contributed by atoms with Crippen LogP contribution in [0.2, 0.25) is 0 Å². The number of thiophene rings is 1. The molecule has 7 heteroatoms. The third-order valence-corrected chi connectivity index (χ3v) is 5.53. The fourth-order valence-corrected chi connectivity index (χ4v) is 4.00. The Morgan fingerprint density at radius 3 is 2.41 bits per heavy atom. The van der Waals surface area contributed by atoms with Crippen molar-refractivity contribution in [2.45, 2.75) is 20.0 Å². The summed E-state index contributed by atoms with van der Waals surface area (Å²) in [5.41, 5.74) is 2.40. The number of ether oxygens (including phenoxy) is 1. The van der Waals surface area contributed by atoms with E-state index in [1.54, 1.807) is 25.1 Å². The number of esters is 1. The smallest absolute Gasteiger partial charge is 0.349 e. The van der Waals surface area contributed by atoms with Gasteiger partial charge in [-0.05, 0) is 44.2 Å². The molecule has 0 unspecified atom stereocenters. The van der Waals surface area contributed by atoms with Crippen molar-refractivity contribution in [2.24, 2.45) is 0 Å². The van der Waals surface area contributed by atoms with Gasteiger partial charge in [-0.2, -0.15) is 5.10 Å². The lowest BCUT2D eigenvalue weighted by Gasteiger charge is -2.12. The number of aryl methyl sites for hydroxylation is 1. The minimum atomic E-state index is -0.917. The Morgan fingerprint density at radius 2 is 1.72 bits per heavy atom. The van der Waals surface area contributed by atoms with Crippen LogP contribution in [0.1, 0.15) is 22.3 Å². The maximum atomic E-state index is 12.6. The molecule has 2 heterocycles. The van der Waals surface area contributed by atoms with Crippen LogP contribution >= 0.6 is 11.3 Å². The zero-order valence-corrected chi connectivity index (χ0v) is 16.8. The molecule has 0 spiro atoms. The predicted octanol–water partition coefficient (Wildman–Crippen LogP) is 4.58. The Hall–Kier alpha value is -3.45. The lowest BCUT2D eigenvalue weighted by atomic mass is 10.3. The molecule has 6 nitrogen and oxygen atoms in total. The molecule has 0 saturated heterocycles. The molecule has 1 atom stereocenters. The molecule has 0 saturated carbocycles. The third kappa shape index (κ3) is 3.90. The van der Waals surface area contributed by atoms with Gasteiger partial charge in [0.15, 0.2) is 6.10 Å². The zero-order chi connectivity index (χ0) is 20.4. The van der Waals surface area contributed by atoms with Gasteiger partial charge < -0.3 is 10.1 Å². The molecule has 2 aromatic heterocycles. The SMILES string of the molecule is Cc1nn(-c2ccccc2)c2sc(C(=O)O[C@H](C)C(=O)Nc3ccccc3)cc12. The summed E-state index contributed by atoms with van der Waals surface area (Å²) < 4.78 is 7.20. The molecule has 2 aromatic carbocycles. The number of para-hydroxylation sites is 2. The van der Waals surface area contributed by atoms with E-state index in [0.29, 0.717) is 10.6 Å². The highest BCUT2D eigenvalue weighted by molar-refractivity contribution is 7.20. The second kappa shape index (κ2) is 7.89. The Bertz CT molecular complexity index is 1170. The standard InChI is InChI=1S/C22H19N3O3S/c1-14-18-13-19(29-21(18)25(24-14)17-11-7-4-8-12-17)22(27)28-15(2)20(26)23-16-9-5-3-6-10-16/h3-13,15H,1-2H3,(H,23,26)/t15-/m1/s1. The maximum absolute atomic E-state index is 12.6. The number of anilines is 1. The number of fused-ring (bicyclic) bond motifs is 1. The van der Waals surface area contributed by atoms with Gasteiger partial charge in [0.1, 0.15) is 9.71 Å². The highest BCUT2D eigenvalue weighted by Gasteiger charge is 2.22. The van der Waals surface area contributed by atoms with Crippen molar-refractivity contribution < 1.29 is 14.3 Å². The van der Waals surface area contributed by atoms with Crippen LogP contribution < -0.4 is 5.32 Å². The third-order valence-electron chi connectivity index (χ3n) is 4.44. The highest BCUT2D eigenvalue weighted by Crippen LogP contribution is 2.31. The largest absolute Gasteiger partial charge is 0.448 e. The summed E-state index contributed by atoms with van der Waals surface area (Å²) in [7, 11) is 0. The van der Waals surface area contributed by atoms with Crippen LogP contribution in [0.15, 0.2) is 66.7 Å². The Morgan fingerprint density at radius 1 is 1.07 bits per heavy atom. The van der Waals surface area contributed by atoms with E-state index in [2.05, 4.69) is 10.4 Å². The van der Waals surface area contributed by atoms with E-state index in [1.165, 1.54) is 11.3 Å². The second-order valence-corrected chi connectivity index (χ2v) is 7.60. The summed E-state index contributed by atoms with van der Waals surface area (Å²) in [6.45, 7) is 3.46. The molecule has 1 N–H and O–H groups in total. The van der Waals surface area contributed by atoms with Crippen LogP contribution in [0.25, 0.3) is 15.9 Å². The first-order valence-electron chi connectivity index (χ1n) is 9.14. The van der Waals surface area contributed by atoms with Crippen molar-refractivity contribution in [3.05, 3.63) is 77.3 Å². The molecule has 4 aromatic rings. The van der Waals surface area contributed by atoms with E-state index in [-0.39, 0.29) is 5.91 Å². The van der Waals surface area contributed by atoms with Crippen LogP contribution in [0.4, 0.5) is 5.69 Å². The molecular weight excluding hydrogens is 386 g/mol. The van der Waals surface area contributed by atoms with Crippen molar-refractivity contribution in [1.29, 1.82) is 0 Å². The first-order valence-corrected chi connectivity index (χ1v) is 9.96. The average molecular weight is 405 g/mol. The maximum Gasteiger partial charge on any atom is 0.349 e. The fraction of sp³-hybridized carbons (Fsp3) is 0.136. The Kier molecular flexibility index (Phi) is 5.14. The van der Waals surface area contributed by atoms with E-state index in [9.17, 15) is 9.59 Å². The molecule has 29 heavy (non-hydrogen) atoms. The monoisotopic (exact) mass is 405 g/mol. The number of carbonyl (C=O) groups is 2. The van der Waals surface area contributed by atoms with E-state index in [1.807, 2.05) is 60.1 Å². The molecule has 0 aliphatic rings. The molecule has 1 amide bonds. The number of nitrogens with zero attached hydrogens (tertiary/aromatic N) is 2. The minimum absolute atomic E-state index is 0.377. The average Bonchev–Trinajstić information content (AvgIpc) is 3.30. The molecule has 0 aliphatic heterocycles. The van der Waals surface area contributed by atoms with E-state index < -0.39 is 12.1 Å². The van der Waals surface area contributed by atoms with Crippen LogP contribution in [0.5, 0.6) is 0 Å². The molecule has 0 bridgehead atoms. The number of hydrogen-bond donors (Lipinski definition) is 1. The number of carbonyl (C=O) groups excluding carboxylic acids is 2. The summed E-state index contributed by atoms with van der Waals surface area (Å²) in [6.07, 6.45) is -0.917. The topological polar surface area (TPSA) is 73.2 Å². The predicted molar refractivity (Wildman–Crippen MR) is 114 cm³/mol. The van der Waals surface area contributed by atoms with Crippen molar-refractivity contribution in [2.75, 3.05) is 5.32 Å². The first-order chi connectivity index (χ1) is 14.0. The summed E-state index contributed by atoms with van der Waals surface area (Å²) in [5, 5.41) is 8.20. The number of rotatable bonds is 5. The minimum Gasteiger partial charge on any atom is -0.448 e. The molecular formula is C22H19N3O3S. The fourth-order valence-electron chi connectivity index (χ4n) is 2.93. The van der Waals surface area contributed by atoms with Crippen LogP contribution in [0.3, 0.4) is 0 Å². The summed E-state index contributed by atoms with van der Waals surface area (Å²) >= 11 is 1.30. The van der Waals surface area contributed by atoms with Gasteiger partial charge in [-0.25, -0.2) is 9.48 Å². The van der Waals surface area contributed by atoms with Gasteiger partial charge >= 0.3 is 5.97 Å². The number of nitrogens with one attached hydrogen (secondary N) is 1. The summed E-state index contributed by atoms with van der Waals surface area (Å²) in [4.78, 5) is 26.2. The van der Waals surface area contributed by atoms with Gasteiger partial charge in [0, 0.05) is 11.1 Å². The number of hydrogen-bond acceptors (Lipinski definition) is 5. The molecule has 0 fully saturated rings.